The number of nitrogens with one attached hydrogen (secondary N) is 1. The molecule has 0 amide bonds. The SMILES string of the molecule is O=C(c1ccc2ncc(N3CCOCC3)cc2c1)c1c(F)c(F)cc(CCCN[SH](=O)=O)c1F. The largest absolute Gasteiger partial charge is 0.378 e. The minimum Gasteiger partial charge on any atom is -0.378 e. The number of morpholine rings is 1. The van der Waals surface area contributed by atoms with E-state index in [1.165, 1.54) is 12.1 Å². The molecule has 2 aromatic carbocycles. The van der Waals surface area contributed by atoms with Crippen LogP contribution in [0.15, 0.2) is 36.5 Å². The number of carbonyl (C=O) groups excluding carboxylic acids is 1. The summed E-state index contributed by atoms with van der Waals surface area (Å²) in [5.74, 6) is -5.06. The second kappa shape index (κ2) is 10.5. The summed E-state index contributed by atoms with van der Waals surface area (Å²) < 4.78 is 72.4. The quantitative estimate of drug-likeness (QED) is 0.217. The Hall–Kier alpha value is -3.02. The van der Waals surface area contributed by atoms with Crippen LogP contribution in [0.2, 0.25) is 0 Å². The highest BCUT2D eigenvalue weighted by Gasteiger charge is 2.25. The van der Waals surface area contributed by atoms with Crippen LogP contribution in [0.5, 0.6) is 0 Å². The summed E-state index contributed by atoms with van der Waals surface area (Å²) in [6.07, 6.45) is 1.78. The van der Waals surface area contributed by atoms with E-state index in [4.69, 9.17) is 4.74 Å². The van der Waals surface area contributed by atoms with Gasteiger partial charge in [0.25, 0.3) is 0 Å². The molecule has 1 saturated heterocycles. The second-order valence-electron chi connectivity index (χ2n) is 7.82. The summed E-state index contributed by atoms with van der Waals surface area (Å²) in [7, 11) is -2.81. The summed E-state index contributed by atoms with van der Waals surface area (Å²) in [6, 6.07) is 6.97. The van der Waals surface area contributed by atoms with E-state index in [-0.39, 0.29) is 30.5 Å². The number of ether oxygens (including phenoxy) is 1. The van der Waals surface area contributed by atoms with Crippen LogP contribution in [0.4, 0.5) is 18.9 Å². The highest BCUT2D eigenvalue weighted by Crippen LogP contribution is 2.27. The number of aryl methyl sites for hydroxylation is 1. The third-order valence-corrected chi connectivity index (χ3v) is 6.11. The van der Waals surface area contributed by atoms with Gasteiger partial charge in [-0.25, -0.2) is 26.3 Å². The molecule has 0 unspecified atom stereocenters. The molecular weight excluding hydrogens is 471 g/mol. The third-order valence-electron chi connectivity index (χ3n) is 5.63. The van der Waals surface area contributed by atoms with Gasteiger partial charge in [-0.3, -0.25) is 9.78 Å². The predicted octanol–water partition coefficient (Wildman–Crippen LogP) is 2.77. The van der Waals surface area contributed by atoms with Crippen molar-refractivity contribution in [2.45, 2.75) is 12.8 Å². The van der Waals surface area contributed by atoms with Gasteiger partial charge in [0.15, 0.2) is 17.4 Å². The van der Waals surface area contributed by atoms with Crippen LogP contribution >= 0.6 is 0 Å². The molecule has 0 atom stereocenters. The number of carbonyl (C=O) groups is 1. The zero-order valence-electron chi connectivity index (χ0n) is 18.0. The van der Waals surface area contributed by atoms with Crippen molar-refractivity contribution in [1.29, 1.82) is 0 Å². The number of benzene rings is 2. The smallest absolute Gasteiger partial charge is 0.201 e. The number of aromatic nitrogens is 1. The molecular formula is C23H22F3N3O4S. The number of ketones is 1. The van der Waals surface area contributed by atoms with Crippen molar-refractivity contribution >= 4 is 33.3 Å². The lowest BCUT2D eigenvalue weighted by Gasteiger charge is -2.28. The van der Waals surface area contributed by atoms with Crippen LogP contribution in [0, 0.1) is 17.5 Å². The number of hydrogen-bond acceptors (Lipinski definition) is 6. The van der Waals surface area contributed by atoms with Crippen LogP contribution in [0.1, 0.15) is 27.9 Å². The van der Waals surface area contributed by atoms with Gasteiger partial charge < -0.3 is 9.64 Å². The summed E-state index contributed by atoms with van der Waals surface area (Å²) >= 11 is 0. The van der Waals surface area contributed by atoms with Gasteiger partial charge in [0.05, 0.1) is 36.2 Å². The molecule has 0 aliphatic carbocycles. The molecule has 1 fully saturated rings. The maximum Gasteiger partial charge on any atom is 0.201 e. The number of pyridine rings is 1. The molecule has 3 aromatic rings. The first-order chi connectivity index (χ1) is 16.3. The van der Waals surface area contributed by atoms with Crippen molar-refractivity contribution in [2.24, 2.45) is 0 Å². The van der Waals surface area contributed by atoms with Crippen molar-refractivity contribution in [3.8, 4) is 0 Å². The zero-order chi connectivity index (χ0) is 24.2. The van der Waals surface area contributed by atoms with Crippen LogP contribution in [-0.2, 0) is 22.0 Å². The van der Waals surface area contributed by atoms with Crippen molar-refractivity contribution in [3.63, 3.8) is 0 Å². The normalized spacial score (nSPS) is 14.2. The van der Waals surface area contributed by atoms with E-state index < -0.39 is 39.7 Å². The van der Waals surface area contributed by atoms with E-state index in [9.17, 15) is 22.0 Å². The Morgan fingerprint density at radius 2 is 1.85 bits per heavy atom. The van der Waals surface area contributed by atoms with E-state index >= 15 is 4.39 Å². The molecule has 34 heavy (non-hydrogen) atoms. The number of hydrogen-bond donors (Lipinski definition) is 2. The first-order valence-electron chi connectivity index (χ1n) is 10.7. The molecule has 1 aliphatic rings. The van der Waals surface area contributed by atoms with Gasteiger partial charge in [0.2, 0.25) is 10.9 Å². The van der Waals surface area contributed by atoms with Crippen molar-refractivity contribution < 1.29 is 31.1 Å². The molecule has 0 radical (unpaired) electrons. The summed E-state index contributed by atoms with van der Waals surface area (Å²) in [4.78, 5) is 19.5. The molecule has 180 valence electrons. The van der Waals surface area contributed by atoms with Gasteiger partial charge in [-0.1, -0.05) is 0 Å². The Bertz CT molecular complexity index is 1300. The van der Waals surface area contributed by atoms with Crippen molar-refractivity contribution in [3.05, 3.63) is 70.7 Å². The lowest BCUT2D eigenvalue weighted by Crippen LogP contribution is -2.36. The Morgan fingerprint density at radius 1 is 1.09 bits per heavy atom. The average Bonchev–Trinajstić information content (AvgIpc) is 2.84. The van der Waals surface area contributed by atoms with Gasteiger partial charge in [0, 0.05) is 30.6 Å². The molecule has 4 rings (SSSR count). The molecule has 11 heteroatoms. The fourth-order valence-electron chi connectivity index (χ4n) is 3.89. The Labute approximate surface area is 195 Å². The van der Waals surface area contributed by atoms with Gasteiger partial charge in [0.1, 0.15) is 5.82 Å². The molecule has 0 bridgehead atoms. The molecule has 1 N–H and O–H groups in total. The molecule has 1 aliphatic heterocycles. The summed E-state index contributed by atoms with van der Waals surface area (Å²) in [6.45, 7) is 2.55. The molecule has 0 saturated carbocycles. The van der Waals surface area contributed by atoms with Crippen LogP contribution < -0.4 is 9.62 Å². The Kier molecular flexibility index (Phi) is 7.44. The maximum atomic E-state index is 15.1. The van der Waals surface area contributed by atoms with Crippen LogP contribution in [0.3, 0.4) is 0 Å². The second-order valence-corrected chi connectivity index (χ2v) is 8.65. The van der Waals surface area contributed by atoms with E-state index in [1.54, 1.807) is 12.3 Å². The number of halogens is 3. The molecule has 0 spiro atoms. The van der Waals surface area contributed by atoms with Gasteiger partial charge in [-0.05, 0) is 48.7 Å². The first-order valence-corrected chi connectivity index (χ1v) is 11.8. The predicted molar refractivity (Wildman–Crippen MR) is 121 cm³/mol. The highest BCUT2D eigenvalue weighted by molar-refractivity contribution is 7.70. The van der Waals surface area contributed by atoms with Crippen LogP contribution in [-0.4, -0.2) is 52.0 Å². The third kappa shape index (κ3) is 5.21. The fraction of sp³-hybridized carbons (Fsp3) is 0.304. The standard InChI is InChI=1S/C23H22F3N3O4S/c24-18-12-14(2-1-5-28-34(31)32)21(25)20(22(18)26)23(30)15-3-4-19-16(10-15)11-17(13-27-19)29-6-8-33-9-7-29/h3-4,10-13,34H,1-2,5-9H2,(H,28,31,32). The topological polar surface area (TPSA) is 88.6 Å². The lowest BCUT2D eigenvalue weighted by atomic mass is 9.96. The van der Waals surface area contributed by atoms with E-state index in [0.717, 1.165) is 5.69 Å². The zero-order valence-corrected chi connectivity index (χ0v) is 18.9. The maximum absolute atomic E-state index is 15.1. The van der Waals surface area contributed by atoms with Crippen molar-refractivity contribution in [1.82, 2.24) is 9.71 Å². The van der Waals surface area contributed by atoms with Crippen molar-refractivity contribution in [2.75, 3.05) is 37.7 Å². The van der Waals surface area contributed by atoms with Gasteiger partial charge in [-0.2, -0.15) is 0 Å². The number of thiol groups is 1. The van der Waals surface area contributed by atoms with E-state index in [2.05, 4.69) is 14.6 Å². The Balaban J connectivity index is 1.65. The fourth-order valence-corrected chi connectivity index (χ4v) is 4.23. The first kappa shape index (κ1) is 24.1. The number of fused-ring (bicyclic) bond motifs is 1. The average molecular weight is 494 g/mol. The number of nitrogens with zero attached hydrogens (tertiary/aromatic N) is 2. The van der Waals surface area contributed by atoms with Crippen LogP contribution in [0.25, 0.3) is 10.9 Å². The van der Waals surface area contributed by atoms with E-state index in [0.29, 0.717) is 43.3 Å². The summed E-state index contributed by atoms with van der Waals surface area (Å²) in [5.41, 5.74) is 0.238. The number of anilines is 1. The van der Waals surface area contributed by atoms with Gasteiger partial charge in [-0.15, -0.1) is 0 Å². The summed E-state index contributed by atoms with van der Waals surface area (Å²) in [5, 5.41) is 0.602. The Morgan fingerprint density at radius 3 is 2.59 bits per heavy atom. The molecule has 1 aromatic heterocycles. The monoisotopic (exact) mass is 493 g/mol. The molecule has 7 nitrogen and oxygen atoms in total. The molecule has 2 heterocycles. The number of rotatable bonds is 8. The lowest BCUT2D eigenvalue weighted by molar-refractivity contribution is 0.102. The minimum absolute atomic E-state index is 0.00354. The van der Waals surface area contributed by atoms with Gasteiger partial charge >= 0.3 is 0 Å². The highest BCUT2D eigenvalue weighted by atomic mass is 32.2. The van der Waals surface area contributed by atoms with E-state index in [1.807, 2.05) is 6.07 Å². The minimum atomic E-state index is -2.81.